The Bertz CT molecular complexity index is 887. The number of hydrogen-bond donors (Lipinski definition) is 0. The molecule has 0 aliphatic carbocycles. The van der Waals surface area contributed by atoms with Crippen molar-refractivity contribution in [3.05, 3.63) is 34.7 Å². The third-order valence-electron chi connectivity index (χ3n) is 4.80. The maximum absolute atomic E-state index is 12.6. The number of hydrogen-bond acceptors (Lipinski definition) is 4. The lowest BCUT2D eigenvalue weighted by Crippen LogP contribution is -2.47. The molecule has 1 amide bonds. The number of para-hydroxylation sites is 2. The van der Waals surface area contributed by atoms with E-state index in [0.29, 0.717) is 6.54 Å². The van der Waals surface area contributed by atoms with E-state index in [1.807, 2.05) is 58.9 Å². The van der Waals surface area contributed by atoms with Crippen LogP contribution in [-0.2, 0) is 27.4 Å². The molecule has 2 aromatic rings. The lowest BCUT2D eigenvalue weighted by Gasteiger charge is -2.32. The van der Waals surface area contributed by atoms with Gasteiger partial charge in [0.2, 0.25) is 0 Å². The molecule has 1 aromatic carbocycles. The Kier molecular flexibility index (Phi) is 7.05. The smallest absolute Gasteiger partial charge is 0.329 e. The number of aryl methyl sites for hydroxylation is 2. The van der Waals surface area contributed by atoms with Crippen LogP contribution >= 0.6 is 0 Å². The number of benzene rings is 1. The second-order valence-corrected chi connectivity index (χ2v) is 7.48. The molecule has 0 aliphatic heterocycles. The molecular weight excluding hydrogens is 358 g/mol. The molecule has 28 heavy (non-hydrogen) atoms. The monoisotopic (exact) mass is 389 g/mol. The van der Waals surface area contributed by atoms with Crippen LogP contribution in [0.3, 0.4) is 0 Å². The van der Waals surface area contributed by atoms with Crippen LogP contribution in [0.5, 0.6) is 0 Å². The van der Waals surface area contributed by atoms with Crippen LogP contribution in [0, 0.1) is 0 Å². The quantitative estimate of drug-likeness (QED) is 0.651. The van der Waals surface area contributed by atoms with E-state index in [-0.39, 0.29) is 36.6 Å². The van der Waals surface area contributed by atoms with E-state index >= 15 is 0 Å². The molecule has 0 N–H and O–H groups in total. The number of carbonyl (C=O) groups is 2. The fraction of sp³-hybridized carbons (Fsp3) is 0.571. The molecule has 0 saturated carbocycles. The van der Waals surface area contributed by atoms with Crippen LogP contribution < -0.4 is 5.69 Å². The molecule has 0 bridgehead atoms. The summed E-state index contributed by atoms with van der Waals surface area (Å²) in [5.41, 5.74) is 1.49. The zero-order valence-electron chi connectivity index (χ0n) is 17.6. The summed E-state index contributed by atoms with van der Waals surface area (Å²) in [5.74, 6) is -0.702. The second kappa shape index (κ2) is 9.08. The Morgan fingerprint density at radius 1 is 1.00 bits per heavy atom. The Balaban J connectivity index is 2.07. The minimum absolute atomic E-state index is 0.0207. The Hall–Kier alpha value is -2.57. The van der Waals surface area contributed by atoms with Gasteiger partial charge < -0.3 is 9.64 Å². The van der Waals surface area contributed by atoms with Gasteiger partial charge in [-0.1, -0.05) is 12.1 Å². The Morgan fingerprint density at radius 3 is 2.04 bits per heavy atom. The summed E-state index contributed by atoms with van der Waals surface area (Å²) >= 11 is 0. The molecule has 7 nitrogen and oxygen atoms in total. The molecule has 1 aromatic heterocycles. The highest BCUT2D eigenvalue weighted by atomic mass is 16.5. The number of esters is 1. The molecule has 0 radical (unpaired) electrons. The first kappa shape index (κ1) is 21.7. The van der Waals surface area contributed by atoms with Crippen LogP contribution in [0.2, 0.25) is 0 Å². The van der Waals surface area contributed by atoms with Gasteiger partial charge in [0.25, 0.3) is 5.91 Å². The Labute approximate surface area is 165 Å². The van der Waals surface area contributed by atoms with E-state index < -0.39 is 12.1 Å². The van der Waals surface area contributed by atoms with Crippen molar-refractivity contribution in [3.8, 4) is 0 Å². The number of carbonyl (C=O) groups excluding carboxylic acids is 2. The van der Waals surface area contributed by atoms with Crippen LogP contribution in [0.1, 0.15) is 48.0 Å². The normalized spacial score (nSPS) is 12.6. The molecule has 2 rings (SSSR count). The third-order valence-corrected chi connectivity index (χ3v) is 4.80. The predicted molar refractivity (Wildman–Crippen MR) is 109 cm³/mol. The molecule has 1 heterocycles. The standard InChI is InChI=1S/C21H31N3O4/c1-7-22-17-10-8-9-11-18(17)23(21(22)27)13-12-19(25)28-16(6)20(26)24(14(2)3)15(4)5/h8-11,14-16H,7,12-13H2,1-6H3. The fourth-order valence-corrected chi connectivity index (χ4v) is 3.62. The van der Waals surface area contributed by atoms with Crippen molar-refractivity contribution in [1.82, 2.24) is 14.0 Å². The molecule has 0 spiro atoms. The number of nitrogens with zero attached hydrogens (tertiary/aromatic N) is 3. The van der Waals surface area contributed by atoms with Crippen molar-refractivity contribution in [2.24, 2.45) is 0 Å². The van der Waals surface area contributed by atoms with Gasteiger partial charge in [-0.15, -0.1) is 0 Å². The molecular formula is C21H31N3O4. The highest BCUT2D eigenvalue weighted by Crippen LogP contribution is 2.14. The van der Waals surface area contributed by atoms with Crippen LogP contribution in [-0.4, -0.2) is 44.1 Å². The number of aromatic nitrogens is 2. The number of ether oxygens (including phenoxy) is 1. The van der Waals surface area contributed by atoms with Gasteiger partial charge in [-0.2, -0.15) is 0 Å². The van der Waals surface area contributed by atoms with Crippen molar-refractivity contribution >= 4 is 22.9 Å². The summed E-state index contributed by atoms with van der Waals surface area (Å²) in [6.07, 6.45) is -0.829. The largest absolute Gasteiger partial charge is 0.452 e. The molecule has 0 fully saturated rings. The van der Waals surface area contributed by atoms with Crippen molar-refractivity contribution in [1.29, 1.82) is 0 Å². The first-order chi connectivity index (χ1) is 13.2. The topological polar surface area (TPSA) is 73.5 Å². The number of imidazole rings is 1. The first-order valence-electron chi connectivity index (χ1n) is 9.88. The van der Waals surface area contributed by atoms with Gasteiger partial charge >= 0.3 is 11.7 Å². The highest BCUT2D eigenvalue weighted by Gasteiger charge is 2.27. The second-order valence-electron chi connectivity index (χ2n) is 7.48. The van der Waals surface area contributed by atoms with Crippen LogP contribution in [0.15, 0.2) is 29.1 Å². The van der Waals surface area contributed by atoms with Gasteiger partial charge in [0.1, 0.15) is 0 Å². The molecule has 0 saturated heterocycles. The van der Waals surface area contributed by atoms with Crippen molar-refractivity contribution in [3.63, 3.8) is 0 Å². The number of amides is 1. The lowest BCUT2D eigenvalue weighted by molar-refractivity contribution is -0.161. The molecule has 1 atom stereocenters. The molecule has 0 aliphatic rings. The van der Waals surface area contributed by atoms with Gasteiger partial charge in [-0.05, 0) is 53.7 Å². The van der Waals surface area contributed by atoms with E-state index in [1.54, 1.807) is 21.0 Å². The number of rotatable bonds is 8. The van der Waals surface area contributed by atoms with Crippen molar-refractivity contribution < 1.29 is 14.3 Å². The minimum Gasteiger partial charge on any atom is -0.452 e. The fourth-order valence-electron chi connectivity index (χ4n) is 3.62. The molecule has 1 unspecified atom stereocenters. The predicted octanol–water partition coefficient (Wildman–Crippen LogP) is 2.79. The summed E-state index contributed by atoms with van der Waals surface area (Å²) in [5, 5.41) is 0. The van der Waals surface area contributed by atoms with Crippen LogP contribution in [0.25, 0.3) is 11.0 Å². The van der Waals surface area contributed by atoms with Gasteiger partial charge in [-0.25, -0.2) is 4.79 Å². The zero-order valence-corrected chi connectivity index (χ0v) is 17.6. The van der Waals surface area contributed by atoms with E-state index in [4.69, 9.17) is 4.74 Å². The third kappa shape index (κ3) is 4.46. The zero-order chi connectivity index (χ0) is 21.0. The average molecular weight is 389 g/mol. The van der Waals surface area contributed by atoms with Crippen molar-refractivity contribution in [2.75, 3.05) is 0 Å². The first-order valence-corrected chi connectivity index (χ1v) is 9.88. The summed E-state index contributed by atoms with van der Waals surface area (Å²) < 4.78 is 8.61. The summed E-state index contributed by atoms with van der Waals surface area (Å²) in [7, 11) is 0. The van der Waals surface area contributed by atoms with E-state index in [2.05, 4.69) is 0 Å². The van der Waals surface area contributed by atoms with Gasteiger partial charge in [0.15, 0.2) is 6.10 Å². The highest BCUT2D eigenvalue weighted by molar-refractivity contribution is 5.84. The number of fused-ring (bicyclic) bond motifs is 1. The van der Waals surface area contributed by atoms with Gasteiger partial charge in [0.05, 0.1) is 17.5 Å². The van der Waals surface area contributed by atoms with E-state index in [1.165, 1.54) is 0 Å². The van der Waals surface area contributed by atoms with Gasteiger partial charge in [0, 0.05) is 25.2 Å². The minimum atomic E-state index is -0.856. The SMILES string of the molecule is CCn1c(=O)n(CCC(=O)OC(C)C(=O)N(C(C)C)C(C)C)c2ccccc21. The summed E-state index contributed by atoms with van der Waals surface area (Å²) in [4.78, 5) is 39.2. The van der Waals surface area contributed by atoms with Crippen LogP contribution in [0.4, 0.5) is 0 Å². The van der Waals surface area contributed by atoms with Crippen molar-refractivity contribution in [2.45, 2.75) is 79.2 Å². The maximum Gasteiger partial charge on any atom is 0.329 e. The molecule has 154 valence electrons. The summed E-state index contributed by atoms with van der Waals surface area (Å²) in [6.45, 7) is 12.0. The lowest BCUT2D eigenvalue weighted by atomic mass is 10.2. The van der Waals surface area contributed by atoms with E-state index in [9.17, 15) is 14.4 Å². The Morgan fingerprint density at radius 2 is 1.54 bits per heavy atom. The average Bonchev–Trinajstić information content (AvgIpc) is 2.89. The van der Waals surface area contributed by atoms with Gasteiger partial charge in [-0.3, -0.25) is 18.7 Å². The molecule has 7 heteroatoms. The van der Waals surface area contributed by atoms with E-state index in [0.717, 1.165) is 11.0 Å². The maximum atomic E-state index is 12.6. The summed E-state index contributed by atoms with van der Waals surface area (Å²) in [6, 6.07) is 7.55.